The van der Waals surface area contributed by atoms with E-state index in [4.69, 9.17) is 0 Å². The minimum Gasteiger partial charge on any atom is -0.249 e. The second-order valence-electron chi connectivity index (χ2n) is 6.91. The first-order valence-corrected chi connectivity index (χ1v) is 8.57. The monoisotopic (exact) mass is 252 g/mol. The second-order valence-corrected chi connectivity index (χ2v) is 8.13. The Morgan fingerprint density at radius 2 is 1.41 bits per heavy atom. The van der Waals surface area contributed by atoms with Gasteiger partial charge in [0, 0.05) is 30.1 Å². The zero-order valence-electron chi connectivity index (χ0n) is 10.7. The average Bonchev–Trinajstić information content (AvgIpc) is 2.27. The van der Waals surface area contributed by atoms with Gasteiger partial charge in [0.25, 0.3) is 0 Å². The van der Waals surface area contributed by atoms with Gasteiger partial charge >= 0.3 is 0 Å². The fraction of sp³-hybridized carbons (Fsp3) is 1.00. The van der Waals surface area contributed by atoms with Crippen molar-refractivity contribution in [2.75, 3.05) is 24.6 Å². The molecule has 0 amide bonds. The van der Waals surface area contributed by atoms with E-state index in [0.29, 0.717) is 5.54 Å². The summed E-state index contributed by atoms with van der Waals surface area (Å²) in [7, 11) is 0. The number of thioether (sulfide) groups is 1. The standard InChI is InChI=1S/C14H24N2S/c1-3-17-4-2-16(1)15-14-8-11-5-12(9-14)7-13(6-11)10-14/h11-13,15H,1-10H2. The molecule has 4 saturated carbocycles. The fourth-order valence-electron chi connectivity index (χ4n) is 5.26. The molecule has 5 aliphatic rings. The lowest BCUT2D eigenvalue weighted by Gasteiger charge is -2.58. The summed E-state index contributed by atoms with van der Waals surface area (Å²) in [4.78, 5) is 0. The van der Waals surface area contributed by atoms with Gasteiger partial charge in [-0.1, -0.05) is 0 Å². The van der Waals surface area contributed by atoms with Crippen molar-refractivity contribution < 1.29 is 0 Å². The average molecular weight is 252 g/mol. The highest BCUT2D eigenvalue weighted by Crippen LogP contribution is 2.55. The van der Waals surface area contributed by atoms with Gasteiger partial charge in [-0.25, -0.2) is 10.4 Å². The molecule has 1 N–H and O–H groups in total. The summed E-state index contributed by atoms with van der Waals surface area (Å²) in [5.41, 5.74) is 4.51. The van der Waals surface area contributed by atoms with Crippen molar-refractivity contribution in [3.63, 3.8) is 0 Å². The van der Waals surface area contributed by atoms with Gasteiger partial charge < -0.3 is 0 Å². The number of rotatable bonds is 2. The minimum absolute atomic E-state index is 0.525. The van der Waals surface area contributed by atoms with E-state index in [1.54, 1.807) is 19.3 Å². The highest BCUT2D eigenvalue weighted by molar-refractivity contribution is 7.99. The Hall–Kier alpha value is 0.270. The van der Waals surface area contributed by atoms with Crippen molar-refractivity contribution in [2.24, 2.45) is 17.8 Å². The van der Waals surface area contributed by atoms with Crippen LogP contribution < -0.4 is 5.43 Å². The molecule has 17 heavy (non-hydrogen) atoms. The highest BCUT2D eigenvalue weighted by Gasteiger charge is 2.51. The Morgan fingerprint density at radius 1 is 0.882 bits per heavy atom. The largest absolute Gasteiger partial charge is 0.249 e. The molecule has 2 nitrogen and oxygen atoms in total. The van der Waals surface area contributed by atoms with Crippen LogP contribution in [0.25, 0.3) is 0 Å². The summed E-state index contributed by atoms with van der Waals surface area (Å²) in [6.45, 7) is 2.51. The zero-order chi connectivity index (χ0) is 11.3. The molecule has 0 unspecified atom stereocenters. The van der Waals surface area contributed by atoms with E-state index in [-0.39, 0.29) is 0 Å². The Labute approximate surface area is 109 Å². The normalized spacial score (nSPS) is 49.8. The van der Waals surface area contributed by atoms with E-state index in [2.05, 4.69) is 22.2 Å². The fourth-order valence-corrected chi connectivity index (χ4v) is 6.16. The van der Waals surface area contributed by atoms with Gasteiger partial charge in [-0.3, -0.25) is 0 Å². The lowest BCUT2D eigenvalue weighted by Crippen LogP contribution is -2.63. The molecule has 4 bridgehead atoms. The summed E-state index contributed by atoms with van der Waals surface area (Å²) < 4.78 is 0. The maximum Gasteiger partial charge on any atom is 0.0334 e. The molecular formula is C14H24N2S. The number of hydrogen-bond donors (Lipinski definition) is 1. The van der Waals surface area contributed by atoms with E-state index in [0.717, 1.165) is 17.8 Å². The van der Waals surface area contributed by atoms with Crippen LogP contribution in [-0.2, 0) is 0 Å². The van der Waals surface area contributed by atoms with Gasteiger partial charge in [0.05, 0.1) is 0 Å². The van der Waals surface area contributed by atoms with Crippen LogP contribution in [0.5, 0.6) is 0 Å². The molecule has 5 rings (SSSR count). The van der Waals surface area contributed by atoms with Gasteiger partial charge in [0.15, 0.2) is 0 Å². The molecular weight excluding hydrogens is 228 g/mol. The van der Waals surface area contributed by atoms with Crippen LogP contribution in [0.4, 0.5) is 0 Å². The van der Waals surface area contributed by atoms with Crippen LogP contribution in [0.15, 0.2) is 0 Å². The van der Waals surface area contributed by atoms with Crippen LogP contribution in [0.1, 0.15) is 38.5 Å². The topological polar surface area (TPSA) is 15.3 Å². The first-order chi connectivity index (χ1) is 8.31. The second kappa shape index (κ2) is 4.14. The Kier molecular flexibility index (Phi) is 2.71. The molecule has 0 aromatic carbocycles. The van der Waals surface area contributed by atoms with Crippen molar-refractivity contribution in [2.45, 2.75) is 44.1 Å². The first-order valence-electron chi connectivity index (χ1n) is 7.42. The van der Waals surface area contributed by atoms with Gasteiger partial charge in [-0.15, -0.1) is 0 Å². The number of hydrazine groups is 1. The summed E-state index contributed by atoms with van der Waals surface area (Å²) in [6, 6.07) is 0. The van der Waals surface area contributed by atoms with Crippen LogP contribution >= 0.6 is 11.8 Å². The summed E-state index contributed by atoms with van der Waals surface area (Å²) in [5, 5.41) is 2.55. The Balaban J connectivity index is 1.48. The lowest BCUT2D eigenvalue weighted by atomic mass is 9.53. The SMILES string of the molecule is C1CN(NC23CC4CC(CC(C4)C2)C3)CCS1. The van der Waals surface area contributed by atoms with E-state index < -0.39 is 0 Å². The molecule has 0 spiro atoms. The molecule has 0 atom stereocenters. The molecule has 1 heterocycles. The molecule has 0 aromatic rings. The lowest BCUT2D eigenvalue weighted by molar-refractivity contribution is -0.0568. The van der Waals surface area contributed by atoms with Crippen molar-refractivity contribution in [3.05, 3.63) is 0 Å². The third kappa shape index (κ3) is 2.04. The predicted octanol–water partition coefficient (Wildman–Crippen LogP) is 2.51. The molecule has 0 aromatic heterocycles. The van der Waals surface area contributed by atoms with Crippen LogP contribution in [-0.4, -0.2) is 35.1 Å². The van der Waals surface area contributed by atoms with Crippen molar-refractivity contribution >= 4 is 11.8 Å². The third-order valence-corrected chi connectivity index (χ3v) is 6.39. The number of hydrogen-bond acceptors (Lipinski definition) is 3. The molecule has 1 aliphatic heterocycles. The van der Waals surface area contributed by atoms with Crippen molar-refractivity contribution in [1.29, 1.82) is 0 Å². The van der Waals surface area contributed by atoms with Gasteiger partial charge in [-0.2, -0.15) is 11.8 Å². The smallest absolute Gasteiger partial charge is 0.0334 e. The zero-order valence-corrected chi connectivity index (χ0v) is 11.5. The highest BCUT2D eigenvalue weighted by atomic mass is 32.2. The molecule has 4 aliphatic carbocycles. The van der Waals surface area contributed by atoms with E-state index in [1.165, 1.54) is 43.9 Å². The van der Waals surface area contributed by atoms with Crippen LogP contribution in [0, 0.1) is 17.8 Å². The van der Waals surface area contributed by atoms with Gasteiger partial charge in [0.2, 0.25) is 0 Å². The predicted molar refractivity (Wildman–Crippen MR) is 72.9 cm³/mol. The van der Waals surface area contributed by atoms with Gasteiger partial charge in [0.1, 0.15) is 0 Å². The maximum absolute atomic E-state index is 3.98. The van der Waals surface area contributed by atoms with Crippen molar-refractivity contribution in [1.82, 2.24) is 10.4 Å². The van der Waals surface area contributed by atoms with Crippen molar-refractivity contribution in [3.8, 4) is 0 Å². The third-order valence-electron chi connectivity index (χ3n) is 5.44. The molecule has 3 heteroatoms. The van der Waals surface area contributed by atoms with Gasteiger partial charge in [-0.05, 0) is 56.3 Å². The first kappa shape index (κ1) is 11.1. The molecule has 0 radical (unpaired) electrons. The summed E-state index contributed by atoms with van der Waals surface area (Å²) in [5.74, 6) is 5.83. The molecule has 1 saturated heterocycles. The summed E-state index contributed by atoms with van der Waals surface area (Å²) >= 11 is 2.11. The van der Waals surface area contributed by atoms with E-state index in [9.17, 15) is 0 Å². The van der Waals surface area contributed by atoms with E-state index >= 15 is 0 Å². The number of nitrogens with zero attached hydrogens (tertiary/aromatic N) is 1. The molecule has 96 valence electrons. The molecule has 5 fully saturated rings. The Bertz CT molecular complexity index is 263. The maximum atomic E-state index is 3.98. The van der Waals surface area contributed by atoms with Crippen LogP contribution in [0.3, 0.4) is 0 Å². The number of nitrogens with one attached hydrogen (secondary N) is 1. The quantitative estimate of drug-likeness (QED) is 0.813. The van der Waals surface area contributed by atoms with Crippen LogP contribution in [0.2, 0.25) is 0 Å². The Morgan fingerprint density at radius 3 is 1.94 bits per heavy atom. The minimum atomic E-state index is 0.525. The van der Waals surface area contributed by atoms with E-state index in [1.807, 2.05) is 0 Å². The summed E-state index contributed by atoms with van der Waals surface area (Å²) in [6.07, 6.45) is 9.08.